The number of aromatic nitrogens is 2. The van der Waals surface area contributed by atoms with Crippen LogP contribution in [0.5, 0.6) is 0 Å². The molecular weight excluding hydrogens is 255 g/mol. The summed E-state index contributed by atoms with van der Waals surface area (Å²) in [5.41, 5.74) is 0.152. The third kappa shape index (κ3) is 2.17. The van der Waals surface area contributed by atoms with Gasteiger partial charge in [0.15, 0.2) is 20.8 Å². The summed E-state index contributed by atoms with van der Waals surface area (Å²) in [6, 6.07) is 0. The van der Waals surface area contributed by atoms with E-state index in [1.165, 1.54) is 6.92 Å². The Morgan fingerprint density at radius 1 is 1.44 bits per heavy atom. The van der Waals surface area contributed by atoms with Crippen LogP contribution in [0.2, 0.25) is 5.15 Å². The molecule has 0 spiro atoms. The first-order valence-corrected chi connectivity index (χ1v) is 6.99. The minimum absolute atomic E-state index is 0.0222. The Labute approximate surface area is 97.8 Å². The summed E-state index contributed by atoms with van der Waals surface area (Å²) in [5.74, 6) is -0.429. The molecule has 1 aromatic rings. The van der Waals surface area contributed by atoms with Crippen molar-refractivity contribution in [3.63, 3.8) is 0 Å². The molecule has 1 fully saturated rings. The summed E-state index contributed by atoms with van der Waals surface area (Å²) in [5, 5.41) is -0.244. The van der Waals surface area contributed by atoms with Gasteiger partial charge in [-0.3, -0.25) is 0 Å². The molecular formula is C9H10ClFN2O2S. The highest BCUT2D eigenvalue weighted by Gasteiger charge is 2.31. The summed E-state index contributed by atoms with van der Waals surface area (Å²) in [6.07, 6.45) is 0.476. The fraction of sp³-hybridized carbons (Fsp3) is 0.556. The molecule has 0 amide bonds. The van der Waals surface area contributed by atoms with Gasteiger partial charge in [-0.1, -0.05) is 11.6 Å². The van der Waals surface area contributed by atoms with Crippen molar-refractivity contribution in [1.82, 2.24) is 9.97 Å². The molecule has 1 aromatic heterocycles. The van der Waals surface area contributed by atoms with Crippen LogP contribution in [0.1, 0.15) is 23.9 Å². The van der Waals surface area contributed by atoms with E-state index in [0.29, 0.717) is 12.2 Å². The number of hydrogen-bond donors (Lipinski definition) is 0. The summed E-state index contributed by atoms with van der Waals surface area (Å²) < 4.78 is 35.8. The Kier molecular flexibility index (Phi) is 2.88. The van der Waals surface area contributed by atoms with Crippen molar-refractivity contribution in [2.24, 2.45) is 0 Å². The molecule has 1 unspecified atom stereocenters. The van der Waals surface area contributed by atoms with E-state index < -0.39 is 15.7 Å². The SMILES string of the molecule is Cc1nc(C2CCS(=O)(=O)C2)nc(Cl)c1F. The van der Waals surface area contributed by atoms with Crippen molar-refractivity contribution in [3.05, 3.63) is 22.5 Å². The average molecular weight is 265 g/mol. The zero-order chi connectivity index (χ0) is 11.9. The summed E-state index contributed by atoms with van der Waals surface area (Å²) in [7, 11) is -3.00. The van der Waals surface area contributed by atoms with Gasteiger partial charge in [0.1, 0.15) is 5.82 Å². The summed E-state index contributed by atoms with van der Waals surface area (Å²) in [4.78, 5) is 7.74. The first kappa shape index (κ1) is 11.7. The maximum absolute atomic E-state index is 13.2. The van der Waals surface area contributed by atoms with Crippen LogP contribution in [0.15, 0.2) is 0 Å². The van der Waals surface area contributed by atoms with Crippen LogP contribution in [0, 0.1) is 12.7 Å². The highest BCUT2D eigenvalue weighted by molar-refractivity contribution is 7.91. The lowest BCUT2D eigenvalue weighted by molar-refractivity contribution is 0.587. The van der Waals surface area contributed by atoms with E-state index in [-0.39, 0.29) is 28.3 Å². The zero-order valence-electron chi connectivity index (χ0n) is 8.57. The number of rotatable bonds is 1. The molecule has 0 saturated carbocycles. The first-order valence-electron chi connectivity index (χ1n) is 4.79. The average Bonchev–Trinajstić information content (AvgIpc) is 2.54. The van der Waals surface area contributed by atoms with Gasteiger partial charge in [-0.15, -0.1) is 0 Å². The van der Waals surface area contributed by atoms with Crippen LogP contribution >= 0.6 is 11.6 Å². The van der Waals surface area contributed by atoms with Crippen LogP contribution < -0.4 is 0 Å². The van der Waals surface area contributed by atoms with Crippen LogP contribution in [0.3, 0.4) is 0 Å². The predicted molar refractivity (Wildman–Crippen MR) is 57.7 cm³/mol. The van der Waals surface area contributed by atoms with Crippen LogP contribution in [0.25, 0.3) is 0 Å². The van der Waals surface area contributed by atoms with Crippen molar-refractivity contribution in [3.8, 4) is 0 Å². The smallest absolute Gasteiger partial charge is 0.181 e. The van der Waals surface area contributed by atoms with E-state index >= 15 is 0 Å². The first-order chi connectivity index (χ1) is 7.39. The lowest BCUT2D eigenvalue weighted by Gasteiger charge is -2.08. The summed E-state index contributed by atoms with van der Waals surface area (Å²) in [6.45, 7) is 1.48. The molecule has 7 heteroatoms. The molecule has 0 bridgehead atoms. The minimum atomic E-state index is -3.00. The molecule has 2 heterocycles. The molecule has 1 saturated heterocycles. The molecule has 1 atom stereocenters. The topological polar surface area (TPSA) is 59.9 Å². The number of nitrogens with zero attached hydrogens (tertiary/aromatic N) is 2. The standard InChI is InChI=1S/C9H10ClFN2O2S/c1-5-7(11)8(10)13-9(12-5)6-2-3-16(14,15)4-6/h6H,2-4H2,1H3. The van der Waals surface area contributed by atoms with Gasteiger partial charge in [0.05, 0.1) is 17.2 Å². The van der Waals surface area contributed by atoms with Crippen molar-refractivity contribution < 1.29 is 12.8 Å². The van der Waals surface area contributed by atoms with E-state index in [2.05, 4.69) is 9.97 Å². The third-order valence-electron chi connectivity index (χ3n) is 2.59. The number of hydrogen-bond acceptors (Lipinski definition) is 4. The van der Waals surface area contributed by atoms with E-state index in [1.54, 1.807) is 0 Å². The molecule has 0 radical (unpaired) electrons. The lowest BCUT2D eigenvalue weighted by atomic mass is 10.1. The molecule has 1 aliphatic heterocycles. The number of halogens is 2. The molecule has 88 valence electrons. The van der Waals surface area contributed by atoms with Gasteiger partial charge in [0.2, 0.25) is 0 Å². The highest BCUT2D eigenvalue weighted by atomic mass is 35.5. The van der Waals surface area contributed by atoms with Crippen molar-refractivity contribution >= 4 is 21.4 Å². The Morgan fingerprint density at radius 3 is 2.62 bits per heavy atom. The van der Waals surface area contributed by atoms with E-state index in [1.807, 2.05) is 0 Å². The predicted octanol–water partition coefficient (Wildman–Crippen LogP) is 1.48. The second-order valence-electron chi connectivity index (χ2n) is 3.87. The molecule has 1 aliphatic rings. The van der Waals surface area contributed by atoms with Crippen molar-refractivity contribution in [2.45, 2.75) is 19.3 Å². The monoisotopic (exact) mass is 264 g/mol. The molecule has 0 aromatic carbocycles. The number of aryl methyl sites for hydroxylation is 1. The maximum Gasteiger partial charge on any atom is 0.181 e. The normalized spacial score (nSPS) is 23.6. The Hall–Kier alpha value is -0.750. The van der Waals surface area contributed by atoms with Gasteiger partial charge in [-0.2, -0.15) is 0 Å². The minimum Gasteiger partial charge on any atom is -0.235 e. The van der Waals surface area contributed by atoms with Crippen LogP contribution in [-0.2, 0) is 9.84 Å². The van der Waals surface area contributed by atoms with Gasteiger partial charge < -0.3 is 0 Å². The fourth-order valence-corrected chi connectivity index (χ4v) is 3.69. The van der Waals surface area contributed by atoms with E-state index in [0.717, 1.165) is 0 Å². The molecule has 0 aliphatic carbocycles. The fourth-order valence-electron chi connectivity index (χ4n) is 1.73. The Morgan fingerprint density at radius 2 is 2.12 bits per heavy atom. The zero-order valence-corrected chi connectivity index (χ0v) is 10.1. The second kappa shape index (κ2) is 3.92. The summed E-state index contributed by atoms with van der Waals surface area (Å²) >= 11 is 5.59. The quantitative estimate of drug-likeness (QED) is 0.721. The van der Waals surface area contributed by atoms with Crippen LogP contribution in [0.4, 0.5) is 4.39 Å². The van der Waals surface area contributed by atoms with E-state index in [4.69, 9.17) is 11.6 Å². The van der Waals surface area contributed by atoms with Gasteiger partial charge in [0, 0.05) is 5.92 Å². The lowest BCUT2D eigenvalue weighted by Crippen LogP contribution is -2.09. The largest absolute Gasteiger partial charge is 0.235 e. The highest BCUT2D eigenvalue weighted by Crippen LogP contribution is 2.28. The maximum atomic E-state index is 13.2. The third-order valence-corrected chi connectivity index (χ3v) is 4.61. The van der Waals surface area contributed by atoms with Crippen molar-refractivity contribution in [2.75, 3.05) is 11.5 Å². The molecule has 0 N–H and O–H groups in total. The van der Waals surface area contributed by atoms with E-state index in [9.17, 15) is 12.8 Å². The van der Waals surface area contributed by atoms with Gasteiger partial charge in [0.25, 0.3) is 0 Å². The molecule has 4 nitrogen and oxygen atoms in total. The molecule has 2 rings (SSSR count). The molecule has 16 heavy (non-hydrogen) atoms. The van der Waals surface area contributed by atoms with Gasteiger partial charge in [-0.25, -0.2) is 22.8 Å². The van der Waals surface area contributed by atoms with Crippen molar-refractivity contribution in [1.29, 1.82) is 0 Å². The number of sulfone groups is 1. The second-order valence-corrected chi connectivity index (χ2v) is 6.46. The van der Waals surface area contributed by atoms with Crippen LogP contribution in [-0.4, -0.2) is 29.9 Å². The Balaban J connectivity index is 2.36. The Bertz CT molecular complexity index is 509. The van der Waals surface area contributed by atoms with Gasteiger partial charge >= 0.3 is 0 Å². The van der Waals surface area contributed by atoms with Gasteiger partial charge in [-0.05, 0) is 13.3 Å².